The Morgan fingerprint density at radius 2 is 2.05 bits per heavy atom. The summed E-state index contributed by atoms with van der Waals surface area (Å²) in [6, 6.07) is 2.16. The quantitative estimate of drug-likeness (QED) is 0.656. The van der Waals surface area contributed by atoms with E-state index in [2.05, 4.69) is 14.7 Å². The zero-order chi connectivity index (χ0) is 14.9. The zero-order valence-corrected chi connectivity index (χ0v) is 11.8. The van der Waals surface area contributed by atoms with Gasteiger partial charge >= 0.3 is 5.69 Å². The first kappa shape index (κ1) is 14.6. The molecule has 1 heterocycles. The van der Waals surface area contributed by atoms with E-state index in [0.717, 1.165) is 12.1 Å². The fourth-order valence-corrected chi connectivity index (χ4v) is 3.27. The Bertz CT molecular complexity index is 761. The first-order valence-electron chi connectivity index (χ1n) is 4.97. The lowest BCUT2D eigenvalue weighted by Crippen LogP contribution is -2.15. The van der Waals surface area contributed by atoms with Crippen molar-refractivity contribution in [3.8, 4) is 0 Å². The first-order valence-corrected chi connectivity index (χ1v) is 7.21. The average Bonchev–Trinajstić information content (AvgIpc) is 2.79. The van der Waals surface area contributed by atoms with Crippen LogP contribution in [0.1, 0.15) is 0 Å². The SMILES string of the molecule is O=[N+]([O-])c1c(Cl)ccc(S(=O)(=O)Nc2ncc[nH]2)c1Cl. The van der Waals surface area contributed by atoms with Crippen LogP contribution in [0, 0.1) is 10.1 Å². The van der Waals surface area contributed by atoms with Crippen LogP contribution in [0.4, 0.5) is 11.6 Å². The number of rotatable bonds is 4. The number of halogens is 2. The molecule has 0 bridgehead atoms. The van der Waals surface area contributed by atoms with Crippen molar-refractivity contribution in [2.24, 2.45) is 0 Å². The topological polar surface area (TPSA) is 118 Å². The number of aromatic amines is 1. The minimum absolute atomic E-state index is 0.0429. The molecule has 0 amide bonds. The molecule has 0 aliphatic carbocycles. The molecule has 20 heavy (non-hydrogen) atoms. The second kappa shape index (κ2) is 5.27. The minimum Gasteiger partial charge on any atom is -0.330 e. The molecule has 0 aliphatic rings. The number of benzene rings is 1. The van der Waals surface area contributed by atoms with Crippen molar-refractivity contribution < 1.29 is 13.3 Å². The fourth-order valence-electron chi connectivity index (χ4n) is 1.40. The summed E-state index contributed by atoms with van der Waals surface area (Å²) in [5.41, 5.74) is -0.671. The van der Waals surface area contributed by atoms with Gasteiger partial charge in [0.2, 0.25) is 5.95 Å². The first-order chi connectivity index (χ1) is 9.33. The Labute approximate surface area is 122 Å². The molecule has 106 valence electrons. The number of aromatic nitrogens is 2. The van der Waals surface area contributed by atoms with Crippen LogP contribution in [0.3, 0.4) is 0 Å². The summed E-state index contributed by atoms with van der Waals surface area (Å²) >= 11 is 11.4. The van der Waals surface area contributed by atoms with Gasteiger partial charge in [-0.15, -0.1) is 0 Å². The molecule has 2 aromatic rings. The highest BCUT2D eigenvalue weighted by molar-refractivity contribution is 7.92. The van der Waals surface area contributed by atoms with Crippen molar-refractivity contribution in [3.05, 3.63) is 44.7 Å². The maximum absolute atomic E-state index is 12.1. The van der Waals surface area contributed by atoms with E-state index in [1.807, 2.05) is 0 Å². The van der Waals surface area contributed by atoms with E-state index < -0.39 is 30.6 Å². The van der Waals surface area contributed by atoms with Crippen molar-refractivity contribution in [3.63, 3.8) is 0 Å². The lowest BCUT2D eigenvalue weighted by molar-refractivity contribution is -0.384. The zero-order valence-electron chi connectivity index (χ0n) is 9.50. The number of nitro benzene ring substituents is 1. The highest BCUT2D eigenvalue weighted by atomic mass is 35.5. The Balaban J connectivity index is 2.53. The molecule has 11 heteroatoms. The van der Waals surface area contributed by atoms with E-state index in [0.29, 0.717) is 0 Å². The van der Waals surface area contributed by atoms with Gasteiger partial charge < -0.3 is 4.98 Å². The second-order valence-corrected chi connectivity index (χ2v) is 5.94. The molecular formula is C9H6Cl2N4O4S. The van der Waals surface area contributed by atoms with Crippen LogP contribution >= 0.6 is 23.2 Å². The molecule has 2 N–H and O–H groups in total. The van der Waals surface area contributed by atoms with Gasteiger partial charge in [-0.05, 0) is 12.1 Å². The third-order valence-electron chi connectivity index (χ3n) is 2.23. The maximum atomic E-state index is 12.1. The summed E-state index contributed by atoms with van der Waals surface area (Å²) < 4.78 is 26.3. The van der Waals surface area contributed by atoms with Crippen molar-refractivity contribution in [2.75, 3.05) is 4.72 Å². The van der Waals surface area contributed by atoms with Gasteiger partial charge in [0, 0.05) is 12.4 Å². The average molecular weight is 337 g/mol. The molecule has 1 aromatic heterocycles. The number of sulfonamides is 1. The van der Waals surface area contributed by atoms with Crippen molar-refractivity contribution in [1.82, 2.24) is 9.97 Å². The molecule has 0 unspecified atom stereocenters. The van der Waals surface area contributed by atoms with Gasteiger partial charge in [0.1, 0.15) is 14.9 Å². The minimum atomic E-state index is -4.13. The summed E-state index contributed by atoms with van der Waals surface area (Å²) in [5, 5.41) is 10.0. The van der Waals surface area contributed by atoms with Gasteiger partial charge in [-0.1, -0.05) is 23.2 Å². The van der Waals surface area contributed by atoms with Crippen molar-refractivity contribution >= 4 is 44.9 Å². The molecule has 0 atom stereocenters. The molecule has 2 rings (SSSR count). The number of nitro groups is 1. The Hall–Kier alpha value is -1.84. The standard InChI is InChI=1S/C9H6Cl2N4O4S/c10-5-1-2-6(7(11)8(5)15(16)17)20(18,19)14-9-12-3-4-13-9/h1-4H,(H2,12,13,14). The van der Waals surface area contributed by atoms with Gasteiger partial charge in [-0.2, -0.15) is 0 Å². The van der Waals surface area contributed by atoms with Gasteiger partial charge in [-0.3, -0.25) is 10.1 Å². The summed E-state index contributed by atoms with van der Waals surface area (Å²) in [4.78, 5) is 15.7. The van der Waals surface area contributed by atoms with Crippen molar-refractivity contribution in [2.45, 2.75) is 4.90 Å². The lowest BCUT2D eigenvalue weighted by Gasteiger charge is -2.08. The van der Waals surface area contributed by atoms with E-state index in [1.54, 1.807) is 0 Å². The van der Waals surface area contributed by atoms with Gasteiger partial charge in [0.05, 0.1) is 4.92 Å². The van der Waals surface area contributed by atoms with Crippen LogP contribution in [0.25, 0.3) is 0 Å². The van der Waals surface area contributed by atoms with E-state index in [1.165, 1.54) is 12.4 Å². The monoisotopic (exact) mass is 336 g/mol. The van der Waals surface area contributed by atoms with Crippen LogP contribution in [-0.4, -0.2) is 23.3 Å². The second-order valence-electron chi connectivity index (χ2n) is 3.51. The van der Waals surface area contributed by atoms with Crippen LogP contribution in [0.15, 0.2) is 29.4 Å². The molecule has 0 aliphatic heterocycles. The summed E-state index contributed by atoms with van der Waals surface area (Å²) in [7, 11) is -4.13. The number of hydrogen-bond donors (Lipinski definition) is 2. The summed E-state index contributed by atoms with van der Waals surface area (Å²) in [6.07, 6.45) is 2.74. The third-order valence-corrected chi connectivity index (χ3v) is 4.41. The Morgan fingerprint density at radius 1 is 1.35 bits per heavy atom. The molecule has 0 spiro atoms. The van der Waals surface area contributed by atoms with Gasteiger partial charge in [-0.25, -0.2) is 18.1 Å². The van der Waals surface area contributed by atoms with Crippen LogP contribution < -0.4 is 4.72 Å². The fraction of sp³-hybridized carbons (Fsp3) is 0. The molecule has 1 aromatic carbocycles. The highest BCUT2D eigenvalue weighted by Crippen LogP contribution is 2.37. The third kappa shape index (κ3) is 2.69. The number of H-pyrrole nitrogens is 1. The van der Waals surface area contributed by atoms with Crippen LogP contribution in [0.2, 0.25) is 10.0 Å². The van der Waals surface area contributed by atoms with E-state index >= 15 is 0 Å². The predicted molar refractivity (Wildman–Crippen MR) is 72.5 cm³/mol. The lowest BCUT2D eigenvalue weighted by atomic mass is 10.3. The number of anilines is 1. The molecular weight excluding hydrogens is 331 g/mol. The number of nitrogens with zero attached hydrogens (tertiary/aromatic N) is 2. The molecule has 0 radical (unpaired) electrons. The number of hydrogen-bond acceptors (Lipinski definition) is 5. The normalized spacial score (nSPS) is 11.3. The highest BCUT2D eigenvalue weighted by Gasteiger charge is 2.28. The molecule has 0 saturated heterocycles. The summed E-state index contributed by atoms with van der Waals surface area (Å²) in [5.74, 6) is -0.0429. The Morgan fingerprint density at radius 3 is 2.60 bits per heavy atom. The molecule has 8 nitrogen and oxygen atoms in total. The molecule has 0 saturated carbocycles. The van der Waals surface area contributed by atoms with E-state index in [-0.39, 0.29) is 11.0 Å². The predicted octanol–water partition coefficient (Wildman–Crippen LogP) is 2.43. The number of imidazole rings is 1. The van der Waals surface area contributed by atoms with E-state index in [9.17, 15) is 18.5 Å². The van der Waals surface area contributed by atoms with Gasteiger partial charge in [0.25, 0.3) is 10.0 Å². The van der Waals surface area contributed by atoms with Crippen LogP contribution in [-0.2, 0) is 10.0 Å². The Kier molecular flexibility index (Phi) is 3.84. The van der Waals surface area contributed by atoms with Crippen molar-refractivity contribution in [1.29, 1.82) is 0 Å². The maximum Gasteiger partial charge on any atom is 0.307 e. The van der Waals surface area contributed by atoms with E-state index in [4.69, 9.17) is 23.2 Å². The number of nitrogens with one attached hydrogen (secondary N) is 2. The summed E-state index contributed by atoms with van der Waals surface area (Å²) in [6.45, 7) is 0. The van der Waals surface area contributed by atoms with Gasteiger partial charge in [0.15, 0.2) is 0 Å². The largest absolute Gasteiger partial charge is 0.330 e. The smallest absolute Gasteiger partial charge is 0.307 e. The molecule has 0 fully saturated rings. The van der Waals surface area contributed by atoms with Crippen LogP contribution in [0.5, 0.6) is 0 Å².